The molecule has 1 aromatic carbocycles. The molecule has 0 saturated carbocycles. The Morgan fingerprint density at radius 3 is 2.53 bits per heavy atom. The SMILES string of the molecule is COC(=O)C(C)c1ccc(OC)c(N)c1. The molecule has 0 radical (unpaired) electrons. The molecule has 1 atom stereocenters. The maximum Gasteiger partial charge on any atom is 0.312 e. The van der Waals surface area contributed by atoms with Crippen molar-refractivity contribution in [2.24, 2.45) is 0 Å². The van der Waals surface area contributed by atoms with Gasteiger partial charge in [0.2, 0.25) is 0 Å². The number of anilines is 1. The van der Waals surface area contributed by atoms with Gasteiger partial charge in [0, 0.05) is 0 Å². The largest absolute Gasteiger partial charge is 0.495 e. The molecule has 0 aliphatic rings. The first-order chi connectivity index (χ1) is 7.10. The van der Waals surface area contributed by atoms with E-state index in [4.69, 9.17) is 10.5 Å². The molecule has 1 rings (SSSR count). The quantitative estimate of drug-likeness (QED) is 0.606. The van der Waals surface area contributed by atoms with Crippen LogP contribution >= 0.6 is 0 Å². The number of hydrogen-bond donors (Lipinski definition) is 1. The van der Waals surface area contributed by atoms with E-state index in [1.165, 1.54) is 7.11 Å². The molecular formula is C11H15NO3. The summed E-state index contributed by atoms with van der Waals surface area (Å²) in [6.07, 6.45) is 0. The fourth-order valence-corrected chi connectivity index (χ4v) is 1.34. The van der Waals surface area contributed by atoms with Gasteiger partial charge in [-0.25, -0.2) is 0 Å². The third kappa shape index (κ3) is 2.40. The highest BCUT2D eigenvalue weighted by atomic mass is 16.5. The minimum atomic E-state index is -0.316. The summed E-state index contributed by atoms with van der Waals surface area (Å²) in [5.41, 5.74) is 7.07. The van der Waals surface area contributed by atoms with E-state index in [-0.39, 0.29) is 11.9 Å². The third-order valence-electron chi connectivity index (χ3n) is 2.31. The molecule has 4 nitrogen and oxygen atoms in total. The maximum atomic E-state index is 11.3. The van der Waals surface area contributed by atoms with Gasteiger partial charge in [-0.15, -0.1) is 0 Å². The molecule has 0 heterocycles. The topological polar surface area (TPSA) is 61.5 Å². The number of esters is 1. The van der Waals surface area contributed by atoms with Gasteiger partial charge in [-0.3, -0.25) is 4.79 Å². The van der Waals surface area contributed by atoms with E-state index in [1.54, 1.807) is 32.2 Å². The van der Waals surface area contributed by atoms with Crippen LogP contribution in [0, 0.1) is 0 Å². The fourth-order valence-electron chi connectivity index (χ4n) is 1.34. The molecule has 0 bridgehead atoms. The van der Waals surface area contributed by atoms with Crippen molar-refractivity contribution in [3.8, 4) is 5.75 Å². The van der Waals surface area contributed by atoms with E-state index in [0.29, 0.717) is 11.4 Å². The van der Waals surface area contributed by atoms with E-state index in [2.05, 4.69) is 4.74 Å². The van der Waals surface area contributed by atoms with E-state index in [0.717, 1.165) is 5.56 Å². The molecular weight excluding hydrogens is 194 g/mol. The summed E-state index contributed by atoms with van der Waals surface area (Å²) < 4.78 is 9.68. The van der Waals surface area contributed by atoms with Crippen LogP contribution in [0.5, 0.6) is 5.75 Å². The normalized spacial score (nSPS) is 11.9. The lowest BCUT2D eigenvalue weighted by molar-refractivity contribution is -0.141. The number of nitrogens with two attached hydrogens (primary N) is 1. The van der Waals surface area contributed by atoms with E-state index < -0.39 is 0 Å². The van der Waals surface area contributed by atoms with Crippen LogP contribution in [-0.2, 0) is 9.53 Å². The number of carbonyl (C=O) groups excluding carboxylic acids is 1. The zero-order valence-electron chi connectivity index (χ0n) is 9.11. The van der Waals surface area contributed by atoms with Crippen molar-refractivity contribution >= 4 is 11.7 Å². The first-order valence-electron chi connectivity index (χ1n) is 4.61. The van der Waals surface area contributed by atoms with Crippen molar-refractivity contribution in [1.82, 2.24) is 0 Å². The van der Waals surface area contributed by atoms with Gasteiger partial charge < -0.3 is 15.2 Å². The van der Waals surface area contributed by atoms with E-state index >= 15 is 0 Å². The van der Waals surface area contributed by atoms with Gasteiger partial charge in [0.25, 0.3) is 0 Å². The summed E-state index contributed by atoms with van der Waals surface area (Å²) in [6.45, 7) is 1.77. The molecule has 15 heavy (non-hydrogen) atoms. The van der Waals surface area contributed by atoms with Gasteiger partial charge >= 0.3 is 5.97 Å². The van der Waals surface area contributed by atoms with Crippen LogP contribution in [0.2, 0.25) is 0 Å². The molecule has 0 aromatic heterocycles. The number of hydrogen-bond acceptors (Lipinski definition) is 4. The number of methoxy groups -OCH3 is 2. The van der Waals surface area contributed by atoms with Crippen LogP contribution in [0.15, 0.2) is 18.2 Å². The molecule has 0 aliphatic heterocycles. The lowest BCUT2D eigenvalue weighted by Crippen LogP contribution is -2.11. The highest BCUT2D eigenvalue weighted by Gasteiger charge is 2.16. The first-order valence-corrected chi connectivity index (χ1v) is 4.61. The van der Waals surface area contributed by atoms with Crippen molar-refractivity contribution < 1.29 is 14.3 Å². The van der Waals surface area contributed by atoms with E-state index in [1.807, 2.05) is 0 Å². The summed E-state index contributed by atoms with van der Waals surface area (Å²) in [6, 6.07) is 5.27. The third-order valence-corrected chi connectivity index (χ3v) is 2.31. The molecule has 82 valence electrons. The number of rotatable bonds is 3. The molecule has 0 fully saturated rings. The zero-order chi connectivity index (χ0) is 11.4. The Hall–Kier alpha value is -1.71. The van der Waals surface area contributed by atoms with Crippen molar-refractivity contribution in [2.75, 3.05) is 20.0 Å². The second-order valence-electron chi connectivity index (χ2n) is 3.25. The van der Waals surface area contributed by atoms with Crippen molar-refractivity contribution in [3.63, 3.8) is 0 Å². The molecule has 1 unspecified atom stereocenters. The Balaban J connectivity index is 2.97. The lowest BCUT2D eigenvalue weighted by Gasteiger charge is -2.11. The Morgan fingerprint density at radius 2 is 2.07 bits per heavy atom. The summed E-state index contributed by atoms with van der Waals surface area (Å²) in [5.74, 6) is 0.0126. The van der Waals surface area contributed by atoms with Crippen molar-refractivity contribution in [3.05, 3.63) is 23.8 Å². The average molecular weight is 209 g/mol. The second-order valence-corrected chi connectivity index (χ2v) is 3.25. The summed E-state index contributed by atoms with van der Waals surface area (Å²) in [5, 5.41) is 0. The molecule has 2 N–H and O–H groups in total. The van der Waals surface area contributed by atoms with Gasteiger partial charge in [-0.05, 0) is 24.6 Å². The number of ether oxygens (including phenoxy) is 2. The molecule has 0 aliphatic carbocycles. The Bertz CT molecular complexity index is 363. The smallest absolute Gasteiger partial charge is 0.312 e. The zero-order valence-corrected chi connectivity index (χ0v) is 9.11. The predicted octanol–water partition coefficient (Wildman–Crippen LogP) is 1.55. The minimum absolute atomic E-state index is 0.278. The molecule has 0 amide bonds. The summed E-state index contributed by atoms with van der Waals surface area (Å²) in [4.78, 5) is 11.3. The van der Waals surface area contributed by atoms with Gasteiger partial charge in [-0.2, -0.15) is 0 Å². The highest BCUT2D eigenvalue weighted by molar-refractivity contribution is 5.78. The van der Waals surface area contributed by atoms with Crippen LogP contribution in [0.3, 0.4) is 0 Å². The van der Waals surface area contributed by atoms with Crippen LogP contribution in [0.4, 0.5) is 5.69 Å². The van der Waals surface area contributed by atoms with Crippen LogP contribution in [-0.4, -0.2) is 20.2 Å². The standard InChI is InChI=1S/C11H15NO3/c1-7(11(13)15-3)8-4-5-10(14-2)9(12)6-8/h4-7H,12H2,1-3H3. The number of benzene rings is 1. The van der Waals surface area contributed by atoms with Crippen LogP contribution in [0.1, 0.15) is 18.4 Å². The highest BCUT2D eigenvalue weighted by Crippen LogP contribution is 2.26. The van der Waals surface area contributed by atoms with Gasteiger partial charge in [-0.1, -0.05) is 6.07 Å². The molecule has 0 spiro atoms. The van der Waals surface area contributed by atoms with Gasteiger partial charge in [0.1, 0.15) is 5.75 Å². The summed E-state index contributed by atoms with van der Waals surface area (Å²) >= 11 is 0. The van der Waals surface area contributed by atoms with Crippen molar-refractivity contribution in [2.45, 2.75) is 12.8 Å². The summed E-state index contributed by atoms with van der Waals surface area (Å²) in [7, 11) is 2.92. The molecule has 1 aromatic rings. The van der Waals surface area contributed by atoms with Crippen LogP contribution < -0.4 is 10.5 Å². The Kier molecular flexibility index (Phi) is 3.55. The fraction of sp³-hybridized carbons (Fsp3) is 0.364. The molecule has 4 heteroatoms. The average Bonchev–Trinajstić information content (AvgIpc) is 2.26. The Morgan fingerprint density at radius 1 is 1.40 bits per heavy atom. The molecule has 0 saturated heterocycles. The minimum Gasteiger partial charge on any atom is -0.495 e. The Labute approximate surface area is 89.0 Å². The second kappa shape index (κ2) is 4.68. The van der Waals surface area contributed by atoms with Gasteiger partial charge in [0.15, 0.2) is 0 Å². The van der Waals surface area contributed by atoms with E-state index in [9.17, 15) is 4.79 Å². The lowest BCUT2D eigenvalue weighted by atomic mass is 10.0. The monoisotopic (exact) mass is 209 g/mol. The predicted molar refractivity (Wildman–Crippen MR) is 57.8 cm³/mol. The maximum absolute atomic E-state index is 11.3. The first kappa shape index (κ1) is 11.4. The number of nitrogen functional groups attached to an aromatic ring is 1. The number of carbonyl (C=O) groups is 1. The van der Waals surface area contributed by atoms with Crippen LogP contribution in [0.25, 0.3) is 0 Å². The van der Waals surface area contributed by atoms with Gasteiger partial charge in [0.05, 0.1) is 25.8 Å². The van der Waals surface area contributed by atoms with Crippen molar-refractivity contribution in [1.29, 1.82) is 0 Å².